The lowest BCUT2D eigenvalue weighted by atomic mass is 9.75. The molecule has 0 radical (unpaired) electrons. The minimum Gasteiger partial charge on any atom is -0.423 e. The lowest BCUT2D eigenvalue weighted by Gasteiger charge is -2.09. The van der Waals surface area contributed by atoms with E-state index in [4.69, 9.17) is 4.65 Å². The summed E-state index contributed by atoms with van der Waals surface area (Å²) in [4.78, 5) is 12.0. The monoisotopic (exact) mass is 299 g/mol. The van der Waals surface area contributed by atoms with Crippen LogP contribution in [0.25, 0.3) is 0 Å². The maximum atomic E-state index is 12.8. The first-order valence-corrected chi connectivity index (χ1v) is 7.09. The van der Waals surface area contributed by atoms with Gasteiger partial charge in [0.1, 0.15) is 5.82 Å². The van der Waals surface area contributed by atoms with E-state index >= 15 is 0 Å². The molecule has 0 atom stereocenters. The molecular weight excluding hydrogens is 284 g/mol. The van der Waals surface area contributed by atoms with E-state index in [1.807, 2.05) is 18.2 Å². The fourth-order valence-corrected chi connectivity index (χ4v) is 2.58. The summed E-state index contributed by atoms with van der Waals surface area (Å²) in [6.07, 6.45) is 0.789. The van der Waals surface area contributed by atoms with Crippen molar-refractivity contribution in [2.24, 2.45) is 0 Å². The highest BCUT2D eigenvalue weighted by atomic mass is 19.1. The molecular formula is C16H15BFNO3. The molecule has 1 heterocycles. The number of aryl methyl sites for hydroxylation is 1. The molecule has 22 heavy (non-hydrogen) atoms. The highest BCUT2D eigenvalue weighted by Gasteiger charge is 2.29. The number of rotatable bonds is 4. The molecule has 0 spiro atoms. The van der Waals surface area contributed by atoms with Crippen LogP contribution in [0.15, 0.2) is 42.5 Å². The van der Waals surface area contributed by atoms with Crippen LogP contribution < -0.4 is 10.8 Å². The van der Waals surface area contributed by atoms with Crippen molar-refractivity contribution in [1.82, 2.24) is 0 Å². The average Bonchev–Trinajstić information content (AvgIpc) is 2.90. The van der Waals surface area contributed by atoms with Gasteiger partial charge in [0.05, 0.1) is 6.61 Å². The van der Waals surface area contributed by atoms with Crippen LogP contribution in [0.5, 0.6) is 0 Å². The van der Waals surface area contributed by atoms with Gasteiger partial charge in [-0.1, -0.05) is 18.2 Å². The number of amides is 1. The summed E-state index contributed by atoms with van der Waals surface area (Å²) < 4.78 is 18.0. The molecule has 1 amide bonds. The van der Waals surface area contributed by atoms with Crippen LogP contribution in [-0.2, 0) is 22.5 Å². The van der Waals surface area contributed by atoms with Crippen molar-refractivity contribution in [2.75, 3.05) is 5.32 Å². The fraction of sp³-hybridized carbons (Fsp3) is 0.188. The van der Waals surface area contributed by atoms with Gasteiger partial charge in [0.15, 0.2) is 0 Å². The molecule has 0 aliphatic carbocycles. The molecule has 0 aromatic heterocycles. The second-order valence-corrected chi connectivity index (χ2v) is 5.21. The van der Waals surface area contributed by atoms with E-state index in [2.05, 4.69) is 5.32 Å². The first-order chi connectivity index (χ1) is 10.6. The number of carbonyl (C=O) groups is 1. The number of fused-ring (bicyclic) bond motifs is 1. The van der Waals surface area contributed by atoms with E-state index < -0.39 is 7.12 Å². The molecule has 2 aromatic rings. The summed E-state index contributed by atoms with van der Waals surface area (Å²) in [5.74, 6) is -0.496. The summed E-state index contributed by atoms with van der Waals surface area (Å²) in [7, 11) is -0.911. The fourth-order valence-electron chi connectivity index (χ4n) is 2.58. The van der Waals surface area contributed by atoms with Crippen LogP contribution in [0, 0.1) is 5.82 Å². The van der Waals surface area contributed by atoms with Gasteiger partial charge < -0.3 is 15.0 Å². The van der Waals surface area contributed by atoms with Crippen molar-refractivity contribution < 1.29 is 18.9 Å². The van der Waals surface area contributed by atoms with Gasteiger partial charge in [0.2, 0.25) is 5.91 Å². The van der Waals surface area contributed by atoms with E-state index in [1.165, 1.54) is 24.3 Å². The molecule has 4 nitrogen and oxygen atoms in total. The third kappa shape index (κ3) is 3.18. The zero-order chi connectivity index (χ0) is 15.5. The van der Waals surface area contributed by atoms with Crippen LogP contribution in [0.4, 0.5) is 10.1 Å². The van der Waals surface area contributed by atoms with Gasteiger partial charge in [-0.3, -0.25) is 4.79 Å². The molecule has 1 aliphatic heterocycles. The maximum absolute atomic E-state index is 12.8. The Kier molecular flexibility index (Phi) is 4.22. The van der Waals surface area contributed by atoms with Gasteiger partial charge in [0, 0.05) is 12.1 Å². The normalized spacial score (nSPS) is 13.1. The average molecular weight is 299 g/mol. The summed E-state index contributed by atoms with van der Waals surface area (Å²) in [6.45, 7) is 0.395. The Morgan fingerprint density at radius 2 is 2.05 bits per heavy atom. The Bertz CT molecular complexity index is 690. The van der Waals surface area contributed by atoms with Gasteiger partial charge >= 0.3 is 7.12 Å². The molecule has 0 saturated carbocycles. The summed E-state index contributed by atoms with van der Waals surface area (Å²) >= 11 is 0. The highest BCUT2D eigenvalue weighted by molar-refractivity contribution is 6.62. The first-order valence-electron chi connectivity index (χ1n) is 7.09. The SMILES string of the molecule is O=C(CCc1cccc2c1B(O)OC2)Nc1ccc(F)cc1. The summed E-state index contributed by atoms with van der Waals surface area (Å²) in [5, 5.41) is 12.5. The number of hydrogen-bond acceptors (Lipinski definition) is 3. The standard InChI is InChI=1S/C16H15BFNO3/c18-13-5-7-14(8-6-13)19-15(20)9-4-11-2-1-3-12-10-22-17(21)16(11)12/h1-3,5-8,21H,4,9-10H2,(H,19,20). The molecule has 3 rings (SSSR count). The Morgan fingerprint density at radius 3 is 2.82 bits per heavy atom. The largest absolute Gasteiger partial charge is 0.492 e. The predicted octanol–water partition coefficient (Wildman–Crippen LogP) is 1.61. The van der Waals surface area contributed by atoms with Crippen LogP contribution in [0.2, 0.25) is 0 Å². The van der Waals surface area contributed by atoms with Gasteiger partial charge in [-0.2, -0.15) is 0 Å². The van der Waals surface area contributed by atoms with Crippen LogP contribution in [0.3, 0.4) is 0 Å². The third-order valence-corrected chi connectivity index (χ3v) is 3.68. The molecule has 2 N–H and O–H groups in total. The quantitative estimate of drug-likeness (QED) is 0.843. The summed E-state index contributed by atoms with van der Waals surface area (Å²) in [6, 6.07) is 11.3. The first kappa shape index (κ1) is 14.7. The Balaban J connectivity index is 1.62. The van der Waals surface area contributed by atoms with Crippen LogP contribution in [-0.4, -0.2) is 18.0 Å². The van der Waals surface area contributed by atoms with Crippen molar-refractivity contribution in [3.05, 3.63) is 59.4 Å². The molecule has 2 aromatic carbocycles. The van der Waals surface area contributed by atoms with Crippen LogP contribution >= 0.6 is 0 Å². The Morgan fingerprint density at radius 1 is 1.27 bits per heavy atom. The van der Waals surface area contributed by atoms with Crippen molar-refractivity contribution in [1.29, 1.82) is 0 Å². The van der Waals surface area contributed by atoms with Crippen molar-refractivity contribution in [2.45, 2.75) is 19.4 Å². The van der Waals surface area contributed by atoms with E-state index in [9.17, 15) is 14.2 Å². The highest BCUT2D eigenvalue weighted by Crippen LogP contribution is 2.15. The second kappa shape index (κ2) is 6.29. The minimum absolute atomic E-state index is 0.155. The number of anilines is 1. The maximum Gasteiger partial charge on any atom is 0.492 e. The number of carbonyl (C=O) groups excluding carboxylic acids is 1. The van der Waals surface area contributed by atoms with Gasteiger partial charge in [0.25, 0.3) is 0 Å². The van der Waals surface area contributed by atoms with Crippen molar-refractivity contribution in [3.8, 4) is 0 Å². The number of halogens is 1. The molecule has 0 fully saturated rings. The zero-order valence-corrected chi connectivity index (χ0v) is 11.9. The molecule has 6 heteroatoms. The molecule has 0 bridgehead atoms. The van der Waals surface area contributed by atoms with E-state index in [1.54, 1.807) is 0 Å². The van der Waals surface area contributed by atoms with Crippen molar-refractivity contribution in [3.63, 3.8) is 0 Å². The molecule has 0 saturated heterocycles. The van der Waals surface area contributed by atoms with Gasteiger partial charge in [-0.05, 0) is 47.3 Å². The number of nitrogens with one attached hydrogen (secondary N) is 1. The molecule has 1 aliphatic rings. The van der Waals surface area contributed by atoms with Gasteiger partial charge in [-0.25, -0.2) is 4.39 Å². The molecule has 112 valence electrons. The van der Waals surface area contributed by atoms with E-state index in [0.717, 1.165) is 16.6 Å². The predicted molar refractivity (Wildman–Crippen MR) is 82.2 cm³/mol. The number of hydrogen-bond donors (Lipinski definition) is 2. The van der Waals surface area contributed by atoms with Gasteiger partial charge in [-0.15, -0.1) is 0 Å². The Hall–Kier alpha value is -2.18. The van der Waals surface area contributed by atoms with E-state index in [0.29, 0.717) is 18.7 Å². The number of benzene rings is 2. The second-order valence-electron chi connectivity index (χ2n) is 5.21. The minimum atomic E-state index is -0.911. The smallest absolute Gasteiger partial charge is 0.423 e. The topological polar surface area (TPSA) is 58.6 Å². The zero-order valence-electron chi connectivity index (χ0n) is 11.9. The van der Waals surface area contributed by atoms with E-state index in [-0.39, 0.29) is 18.1 Å². The lowest BCUT2D eigenvalue weighted by Crippen LogP contribution is -2.31. The lowest BCUT2D eigenvalue weighted by molar-refractivity contribution is -0.116. The Labute approximate surface area is 128 Å². The summed E-state index contributed by atoms with van der Waals surface area (Å²) in [5.41, 5.74) is 3.21. The molecule has 0 unspecified atom stereocenters. The van der Waals surface area contributed by atoms with Crippen molar-refractivity contribution >= 4 is 24.2 Å². The van der Waals surface area contributed by atoms with Crippen LogP contribution in [0.1, 0.15) is 17.5 Å². The third-order valence-electron chi connectivity index (χ3n) is 3.68.